The second-order valence-corrected chi connectivity index (χ2v) is 11.6. The second-order valence-electron chi connectivity index (χ2n) is 9.00. The highest BCUT2D eigenvalue weighted by atomic mass is 35.5. The van der Waals surface area contributed by atoms with Crippen molar-refractivity contribution in [2.75, 3.05) is 25.1 Å². The molecule has 0 aromatic heterocycles. The molecule has 1 aliphatic heterocycles. The first kappa shape index (κ1) is 23.5. The number of likely N-dealkylation sites (N-methyl/N-ethyl adjacent to an activating group) is 1. The van der Waals surface area contributed by atoms with E-state index in [2.05, 4.69) is 13.8 Å². The number of amides is 1. The van der Waals surface area contributed by atoms with Gasteiger partial charge in [0.25, 0.3) is 0 Å². The summed E-state index contributed by atoms with van der Waals surface area (Å²) >= 11 is 6.28. The van der Waals surface area contributed by atoms with E-state index in [-0.39, 0.29) is 48.4 Å². The summed E-state index contributed by atoms with van der Waals surface area (Å²) in [5.41, 5.74) is 0.406. The van der Waals surface area contributed by atoms with Crippen molar-refractivity contribution in [3.63, 3.8) is 0 Å². The first-order valence-corrected chi connectivity index (χ1v) is 12.9. The van der Waals surface area contributed by atoms with Crippen LogP contribution in [0.3, 0.4) is 0 Å². The van der Waals surface area contributed by atoms with Crippen molar-refractivity contribution in [1.29, 1.82) is 0 Å². The van der Waals surface area contributed by atoms with E-state index >= 15 is 0 Å². The van der Waals surface area contributed by atoms with Crippen molar-refractivity contribution in [3.8, 4) is 0 Å². The summed E-state index contributed by atoms with van der Waals surface area (Å²) in [6, 6.07) is 4.50. The van der Waals surface area contributed by atoms with Crippen LogP contribution in [-0.4, -0.2) is 61.3 Å². The van der Waals surface area contributed by atoms with Gasteiger partial charge in [0.1, 0.15) is 5.82 Å². The fourth-order valence-corrected chi connectivity index (χ4v) is 6.81. The van der Waals surface area contributed by atoms with Crippen LogP contribution in [0.1, 0.15) is 45.1 Å². The number of benzene rings is 1. The third-order valence-electron chi connectivity index (χ3n) is 7.04. The summed E-state index contributed by atoms with van der Waals surface area (Å²) in [5, 5.41) is 0.360. The van der Waals surface area contributed by atoms with Gasteiger partial charge in [0.15, 0.2) is 9.84 Å². The van der Waals surface area contributed by atoms with Gasteiger partial charge in [-0.15, -0.1) is 0 Å². The smallest absolute Gasteiger partial charge is 0.236 e. The number of carbonyl (C=O) groups is 1. The molecular formula is C22H32ClFN2O3S. The molecule has 1 aromatic rings. The third kappa shape index (κ3) is 5.35. The Kier molecular flexibility index (Phi) is 7.46. The van der Waals surface area contributed by atoms with E-state index in [9.17, 15) is 17.6 Å². The van der Waals surface area contributed by atoms with Gasteiger partial charge < -0.3 is 4.90 Å². The average molecular weight is 459 g/mol. The van der Waals surface area contributed by atoms with Gasteiger partial charge in [-0.05, 0) is 36.8 Å². The second kappa shape index (κ2) is 9.53. The Morgan fingerprint density at radius 1 is 1.23 bits per heavy atom. The zero-order chi connectivity index (χ0) is 22.1. The van der Waals surface area contributed by atoms with Crippen LogP contribution in [0.25, 0.3) is 0 Å². The van der Waals surface area contributed by atoms with E-state index in [1.807, 2.05) is 4.90 Å². The molecule has 30 heavy (non-hydrogen) atoms. The van der Waals surface area contributed by atoms with Gasteiger partial charge >= 0.3 is 0 Å². The van der Waals surface area contributed by atoms with Crippen LogP contribution in [0.4, 0.5) is 4.39 Å². The van der Waals surface area contributed by atoms with Gasteiger partial charge in [0, 0.05) is 36.3 Å². The van der Waals surface area contributed by atoms with Gasteiger partial charge in [-0.1, -0.05) is 44.4 Å². The molecule has 168 valence electrons. The molecule has 3 rings (SSSR count). The number of carbonyl (C=O) groups excluding carboxylic acids is 1. The van der Waals surface area contributed by atoms with Gasteiger partial charge in [-0.2, -0.15) is 0 Å². The molecule has 1 aromatic carbocycles. The molecule has 8 heteroatoms. The largest absolute Gasteiger partial charge is 0.341 e. The highest BCUT2D eigenvalue weighted by Gasteiger charge is 2.36. The zero-order valence-electron chi connectivity index (χ0n) is 18.0. The van der Waals surface area contributed by atoms with Crippen LogP contribution in [0.5, 0.6) is 0 Å². The van der Waals surface area contributed by atoms with Gasteiger partial charge in [0.2, 0.25) is 5.91 Å². The monoisotopic (exact) mass is 458 g/mol. The van der Waals surface area contributed by atoms with Crippen LogP contribution < -0.4 is 0 Å². The van der Waals surface area contributed by atoms with Crippen molar-refractivity contribution in [2.45, 2.75) is 58.2 Å². The van der Waals surface area contributed by atoms with Crippen LogP contribution in [-0.2, 0) is 21.2 Å². The van der Waals surface area contributed by atoms with E-state index in [4.69, 9.17) is 11.6 Å². The zero-order valence-corrected chi connectivity index (χ0v) is 19.6. The molecule has 0 spiro atoms. The van der Waals surface area contributed by atoms with E-state index < -0.39 is 9.84 Å². The minimum Gasteiger partial charge on any atom is -0.341 e. The summed E-state index contributed by atoms with van der Waals surface area (Å²) in [4.78, 5) is 16.7. The Labute approximate surface area is 184 Å². The van der Waals surface area contributed by atoms with Gasteiger partial charge in [0.05, 0.1) is 18.1 Å². The Morgan fingerprint density at radius 3 is 2.60 bits per heavy atom. The maximum atomic E-state index is 14.5. The normalized spacial score (nSPS) is 28.6. The molecule has 5 nitrogen and oxygen atoms in total. The molecule has 1 saturated heterocycles. The lowest BCUT2D eigenvalue weighted by Gasteiger charge is -2.42. The minimum absolute atomic E-state index is 0.0191. The van der Waals surface area contributed by atoms with Gasteiger partial charge in [-0.25, -0.2) is 12.8 Å². The lowest BCUT2D eigenvalue weighted by Crippen LogP contribution is -2.50. The van der Waals surface area contributed by atoms with E-state index in [1.165, 1.54) is 6.07 Å². The van der Waals surface area contributed by atoms with Crippen LogP contribution in [0, 0.1) is 17.7 Å². The number of halogens is 2. The predicted octanol–water partition coefficient (Wildman–Crippen LogP) is 3.75. The topological polar surface area (TPSA) is 57.7 Å². The van der Waals surface area contributed by atoms with Crippen molar-refractivity contribution < 1.29 is 17.6 Å². The standard InChI is InChI=1S/C22H32ClFN2O3S/c1-15-6-4-9-21(16(15)2)26(12-18-19(23)7-5-8-20(18)24)13-22(27)25(3)17-10-11-30(28,29)14-17/h5,7-8,15-17,21H,4,6,9-14H2,1-3H3/t15-,16-,17+,21+/m1/s1. The summed E-state index contributed by atoms with van der Waals surface area (Å²) in [6.07, 6.45) is 3.65. The molecular weight excluding hydrogens is 427 g/mol. The molecule has 1 aliphatic carbocycles. The fraction of sp³-hybridized carbons (Fsp3) is 0.682. The Hall–Kier alpha value is -1.18. The van der Waals surface area contributed by atoms with Crippen molar-refractivity contribution in [1.82, 2.24) is 9.80 Å². The Morgan fingerprint density at radius 2 is 1.97 bits per heavy atom. The number of nitrogens with zero attached hydrogens (tertiary/aromatic N) is 2. The number of hydrogen-bond donors (Lipinski definition) is 0. The van der Waals surface area contributed by atoms with Crippen molar-refractivity contribution in [2.24, 2.45) is 11.8 Å². The fourth-order valence-electron chi connectivity index (χ4n) is 4.82. The summed E-state index contributed by atoms with van der Waals surface area (Å²) in [6.45, 7) is 4.81. The number of hydrogen-bond acceptors (Lipinski definition) is 4. The lowest BCUT2D eigenvalue weighted by atomic mass is 9.77. The highest BCUT2D eigenvalue weighted by molar-refractivity contribution is 7.91. The molecule has 1 amide bonds. The van der Waals surface area contributed by atoms with Crippen LogP contribution >= 0.6 is 11.6 Å². The summed E-state index contributed by atoms with van der Waals surface area (Å²) < 4.78 is 38.2. The highest BCUT2D eigenvalue weighted by Crippen LogP contribution is 2.34. The first-order valence-electron chi connectivity index (χ1n) is 10.7. The molecule has 1 heterocycles. The van der Waals surface area contributed by atoms with E-state index in [0.717, 1.165) is 19.3 Å². The molecule has 4 atom stereocenters. The Balaban J connectivity index is 1.81. The quantitative estimate of drug-likeness (QED) is 0.651. The van der Waals surface area contributed by atoms with E-state index in [1.54, 1.807) is 24.1 Å². The molecule has 1 saturated carbocycles. The third-order valence-corrected chi connectivity index (χ3v) is 9.15. The lowest BCUT2D eigenvalue weighted by molar-refractivity contribution is -0.134. The SMILES string of the molecule is C[C@@H]1[C@H](C)CCC[C@@H]1N(CC(=O)N(C)[C@H]1CCS(=O)(=O)C1)Cc1c(F)cccc1Cl. The molecule has 2 aliphatic rings. The Bertz CT molecular complexity index is 859. The number of rotatable bonds is 6. The maximum absolute atomic E-state index is 14.5. The summed E-state index contributed by atoms with van der Waals surface area (Å²) in [5.74, 6) is 0.540. The van der Waals surface area contributed by atoms with Crippen molar-refractivity contribution >= 4 is 27.3 Å². The first-order chi connectivity index (χ1) is 14.1. The van der Waals surface area contributed by atoms with E-state index in [0.29, 0.717) is 28.8 Å². The summed E-state index contributed by atoms with van der Waals surface area (Å²) in [7, 11) is -1.40. The molecule has 0 bridgehead atoms. The predicted molar refractivity (Wildman–Crippen MR) is 118 cm³/mol. The van der Waals surface area contributed by atoms with Crippen molar-refractivity contribution in [3.05, 3.63) is 34.6 Å². The molecule has 0 unspecified atom stereocenters. The molecule has 2 fully saturated rings. The minimum atomic E-state index is -3.07. The average Bonchev–Trinajstić information content (AvgIpc) is 3.05. The maximum Gasteiger partial charge on any atom is 0.236 e. The van der Waals surface area contributed by atoms with Crippen LogP contribution in [0.15, 0.2) is 18.2 Å². The number of sulfone groups is 1. The molecule has 0 radical (unpaired) electrons. The van der Waals surface area contributed by atoms with Crippen LogP contribution in [0.2, 0.25) is 5.02 Å². The van der Waals surface area contributed by atoms with Gasteiger partial charge in [-0.3, -0.25) is 9.69 Å². The molecule has 0 N–H and O–H groups in total.